The van der Waals surface area contributed by atoms with E-state index in [1.165, 1.54) is 44.3 Å². The van der Waals surface area contributed by atoms with Crippen molar-refractivity contribution in [3.63, 3.8) is 0 Å². The first kappa shape index (κ1) is 20.8. The van der Waals surface area contributed by atoms with Gasteiger partial charge in [-0.15, -0.1) is 5.10 Å². The molecule has 1 aliphatic carbocycles. The van der Waals surface area contributed by atoms with Crippen LogP contribution >= 0.6 is 0 Å². The van der Waals surface area contributed by atoms with Gasteiger partial charge >= 0.3 is 0 Å². The van der Waals surface area contributed by atoms with Crippen molar-refractivity contribution in [3.05, 3.63) is 35.7 Å². The van der Waals surface area contributed by atoms with Crippen LogP contribution in [0.3, 0.4) is 0 Å². The summed E-state index contributed by atoms with van der Waals surface area (Å²) in [5.41, 5.74) is 1.25. The molecule has 2 N–H and O–H groups in total. The van der Waals surface area contributed by atoms with Gasteiger partial charge in [0.05, 0.1) is 25.8 Å². The van der Waals surface area contributed by atoms with E-state index in [1.807, 2.05) is 9.58 Å². The van der Waals surface area contributed by atoms with Gasteiger partial charge in [0.15, 0.2) is 6.04 Å². The van der Waals surface area contributed by atoms with E-state index in [9.17, 15) is 0 Å². The highest BCUT2D eigenvalue weighted by Crippen LogP contribution is 2.22. The molecule has 0 amide bonds. The molecule has 2 atom stereocenters. The van der Waals surface area contributed by atoms with Gasteiger partial charge in [-0.2, -0.15) is 0 Å². The van der Waals surface area contributed by atoms with E-state index in [0.717, 1.165) is 56.7 Å². The first-order valence-corrected chi connectivity index (χ1v) is 12.0. The van der Waals surface area contributed by atoms with Crippen LogP contribution in [0.25, 0.3) is 0 Å². The van der Waals surface area contributed by atoms with Crippen LogP contribution in [0.1, 0.15) is 56.0 Å². The second kappa shape index (κ2) is 9.63. The summed E-state index contributed by atoms with van der Waals surface area (Å²) in [7, 11) is 1.71. The number of methoxy groups -OCH3 is 1. The van der Waals surface area contributed by atoms with Crippen molar-refractivity contribution in [2.45, 2.75) is 63.3 Å². The molecule has 1 aromatic heterocycles. The van der Waals surface area contributed by atoms with Crippen molar-refractivity contribution in [3.8, 4) is 5.75 Å². The Labute approximate surface area is 184 Å². The lowest BCUT2D eigenvalue weighted by atomic mass is 10.0. The molecule has 2 saturated heterocycles. The normalized spacial score (nSPS) is 28.1. The van der Waals surface area contributed by atoms with Crippen molar-refractivity contribution in [1.29, 1.82) is 0 Å². The molecule has 168 valence electrons. The van der Waals surface area contributed by atoms with Gasteiger partial charge in [0.25, 0.3) is 0 Å². The van der Waals surface area contributed by atoms with Gasteiger partial charge in [-0.3, -0.25) is 0 Å². The first-order valence-electron chi connectivity index (χ1n) is 12.0. The van der Waals surface area contributed by atoms with E-state index in [4.69, 9.17) is 9.47 Å². The molecule has 5 rings (SSSR count). The third-order valence-electron chi connectivity index (χ3n) is 7.54. The summed E-state index contributed by atoms with van der Waals surface area (Å²) in [4.78, 5) is 3.38. The van der Waals surface area contributed by atoms with Crippen LogP contribution in [0.2, 0.25) is 0 Å². The van der Waals surface area contributed by atoms with Gasteiger partial charge in [0.2, 0.25) is 5.82 Å². The Morgan fingerprint density at radius 2 is 1.84 bits per heavy atom. The predicted octanol–water partition coefficient (Wildman–Crippen LogP) is -0.324. The summed E-state index contributed by atoms with van der Waals surface area (Å²) in [5, 5.41) is 13.0. The number of piperazine rings is 1. The van der Waals surface area contributed by atoms with Gasteiger partial charge in [-0.25, -0.2) is 4.68 Å². The fourth-order valence-electron chi connectivity index (χ4n) is 5.82. The number of tetrazole rings is 1. The molecule has 8 nitrogen and oxygen atoms in total. The molecule has 0 radical (unpaired) electrons. The molecule has 3 heterocycles. The van der Waals surface area contributed by atoms with Gasteiger partial charge in [0, 0.05) is 12.2 Å². The Hall–Kier alpha value is -2.03. The molecule has 31 heavy (non-hydrogen) atoms. The van der Waals surface area contributed by atoms with E-state index in [1.54, 1.807) is 12.0 Å². The number of benzene rings is 1. The van der Waals surface area contributed by atoms with E-state index in [0.29, 0.717) is 0 Å². The van der Waals surface area contributed by atoms with Crippen molar-refractivity contribution < 1.29 is 19.3 Å². The highest BCUT2D eigenvalue weighted by molar-refractivity contribution is 5.30. The van der Waals surface area contributed by atoms with Crippen molar-refractivity contribution >= 4 is 0 Å². The summed E-state index contributed by atoms with van der Waals surface area (Å²) in [6.45, 7) is 6.35. The fourth-order valence-corrected chi connectivity index (χ4v) is 5.82. The molecule has 2 aliphatic heterocycles. The monoisotopic (exact) mass is 428 g/mol. The van der Waals surface area contributed by atoms with Gasteiger partial charge in [-0.1, -0.05) is 0 Å². The quantitative estimate of drug-likeness (QED) is 0.632. The summed E-state index contributed by atoms with van der Waals surface area (Å²) >= 11 is 0. The number of nitrogens with zero attached hydrogens (tertiary/aromatic N) is 4. The Bertz CT molecular complexity index is 821. The Morgan fingerprint density at radius 1 is 1.06 bits per heavy atom. The third kappa shape index (κ3) is 4.61. The van der Waals surface area contributed by atoms with Crippen LogP contribution in [-0.2, 0) is 11.3 Å². The Kier molecular flexibility index (Phi) is 6.47. The van der Waals surface area contributed by atoms with E-state index < -0.39 is 0 Å². The molecule has 1 saturated carbocycles. The lowest BCUT2D eigenvalue weighted by Crippen LogP contribution is -3.29. The molecule has 3 aliphatic rings. The number of aromatic nitrogens is 4. The first-order chi connectivity index (χ1) is 15.3. The Morgan fingerprint density at radius 3 is 2.52 bits per heavy atom. The summed E-state index contributed by atoms with van der Waals surface area (Å²) in [6, 6.07) is 9.47. The van der Waals surface area contributed by atoms with Crippen molar-refractivity contribution in [1.82, 2.24) is 20.2 Å². The van der Waals surface area contributed by atoms with Gasteiger partial charge in [-0.05, 0) is 73.2 Å². The summed E-state index contributed by atoms with van der Waals surface area (Å²) < 4.78 is 13.3. The maximum atomic E-state index is 5.87. The molecular weight excluding hydrogens is 392 g/mol. The molecule has 2 aromatic rings. The Balaban J connectivity index is 1.38. The number of rotatable bonds is 7. The zero-order chi connectivity index (χ0) is 21.0. The maximum Gasteiger partial charge on any atom is 0.214 e. The number of hydrogen-bond acceptors (Lipinski definition) is 5. The fraction of sp³-hybridized carbons (Fsp3) is 0.696. The standard InChI is InChI=1S/C23H34N6O2/c1-30-20-10-8-18(9-11-20)22(23-24-25-26-29(23)17-21-7-4-16-31-21)28-14-12-27(13-15-28)19-5-2-3-6-19/h8-11,19,21-22H,2-7,12-17H2,1H3/p+2/t21-,22+/m0/s1. The molecule has 0 bridgehead atoms. The number of quaternary nitrogens is 2. The molecule has 1 aromatic carbocycles. The largest absolute Gasteiger partial charge is 0.497 e. The molecule has 8 heteroatoms. The second-order valence-corrected chi connectivity index (χ2v) is 9.36. The third-order valence-corrected chi connectivity index (χ3v) is 7.54. The van der Waals surface area contributed by atoms with Crippen molar-refractivity contribution in [2.75, 3.05) is 39.9 Å². The topological polar surface area (TPSA) is 70.9 Å². The van der Waals surface area contributed by atoms with Crippen LogP contribution in [0.4, 0.5) is 0 Å². The SMILES string of the molecule is COc1ccc([C@H](c2nnnn2C[C@@H]2CCCO2)[NH+]2CC[NH+](C3CCCC3)CC2)cc1. The number of ether oxygens (including phenoxy) is 2. The van der Waals surface area contributed by atoms with Crippen LogP contribution in [0, 0.1) is 0 Å². The number of hydrogen-bond donors (Lipinski definition) is 2. The summed E-state index contributed by atoms with van der Waals surface area (Å²) in [5.74, 6) is 1.84. The maximum absolute atomic E-state index is 5.87. The summed E-state index contributed by atoms with van der Waals surface area (Å²) in [6.07, 6.45) is 8.08. The van der Waals surface area contributed by atoms with E-state index in [2.05, 4.69) is 39.8 Å². The smallest absolute Gasteiger partial charge is 0.214 e. The van der Waals surface area contributed by atoms with Gasteiger partial charge < -0.3 is 19.3 Å². The molecule has 0 spiro atoms. The van der Waals surface area contributed by atoms with E-state index >= 15 is 0 Å². The van der Waals surface area contributed by atoms with Crippen LogP contribution in [0.5, 0.6) is 5.75 Å². The second-order valence-electron chi connectivity index (χ2n) is 9.36. The predicted molar refractivity (Wildman–Crippen MR) is 115 cm³/mol. The minimum atomic E-state index is 0.132. The highest BCUT2D eigenvalue weighted by Gasteiger charge is 2.38. The minimum Gasteiger partial charge on any atom is -0.497 e. The lowest BCUT2D eigenvalue weighted by Gasteiger charge is -2.36. The zero-order valence-corrected chi connectivity index (χ0v) is 18.6. The average molecular weight is 429 g/mol. The van der Waals surface area contributed by atoms with Gasteiger partial charge in [0.1, 0.15) is 31.9 Å². The lowest BCUT2D eigenvalue weighted by molar-refractivity contribution is -1.03. The highest BCUT2D eigenvalue weighted by atomic mass is 16.5. The van der Waals surface area contributed by atoms with Crippen LogP contribution < -0.4 is 14.5 Å². The van der Waals surface area contributed by atoms with Crippen LogP contribution in [0.15, 0.2) is 24.3 Å². The zero-order valence-electron chi connectivity index (χ0n) is 18.6. The van der Waals surface area contributed by atoms with Crippen LogP contribution in [-0.4, -0.2) is 72.2 Å². The molecular formula is C23H36N6O2+2. The average Bonchev–Trinajstić information content (AvgIpc) is 3.59. The molecule has 0 unspecified atom stereocenters. The van der Waals surface area contributed by atoms with Crippen molar-refractivity contribution in [2.24, 2.45) is 0 Å². The molecule has 3 fully saturated rings. The van der Waals surface area contributed by atoms with E-state index in [-0.39, 0.29) is 12.1 Å². The number of nitrogens with one attached hydrogen (secondary N) is 2. The minimum absolute atomic E-state index is 0.132.